The van der Waals surface area contributed by atoms with E-state index in [-0.39, 0.29) is 0 Å². The van der Waals surface area contributed by atoms with Crippen molar-refractivity contribution in [3.8, 4) is 0 Å². The number of nitrogens with one attached hydrogen (secondary N) is 1. The van der Waals surface area contributed by atoms with E-state index in [1.807, 2.05) is 6.20 Å². The molecule has 2 bridgehead atoms. The summed E-state index contributed by atoms with van der Waals surface area (Å²) in [4.78, 5) is 0. The van der Waals surface area contributed by atoms with Gasteiger partial charge in [-0.15, -0.1) is 0 Å². The fourth-order valence-electron chi connectivity index (χ4n) is 4.33. The van der Waals surface area contributed by atoms with Crippen molar-refractivity contribution in [1.29, 1.82) is 0 Å². The minimum atomic E-state index is 0.457. The van der Waals surface area contributed by atoms with Gasteiger partial charge in [0, 0.05) is 6.54 Å². The zero-order valence-electron chi connectivity index (χ0n) is 11.9. The molecule has 0 aliphatic heterocycles. The van der Waals surface area contributed by atoms with E-state index >= 15 is 0 Å². The Morgan fingerprint density at radius 1 is 1.47 bits per heavy atom. The van der Waals surface area contributed by atoms with Gasteiger partial charge >= 0.3 is 0 Å². The van der Waals surface area contributed by atoms with Crippen molar-refractivity contribution in [2.45, 2.75) is 51.6 Å². The van der Waals surface area contributed by atoms with Gasteiger partial charge in [-0.05, 0) is 66.4 Å². The number of hydrogen-bond donors (Lipinski definition) is 1. The van der Waals surface area contributed by atoms with Crippen LogP contribution in [0.2, 0.25) is 0 Å². The molecule has 2 saturated carbocycles. The number of hydrogen-bond acceptors (Lipinski definition) is 2. The van der Waals surface area contributed by atoms with Gasteiger partial charge in [0.2, 0.25) is 0 Å². The molecule has 3 rings (SSSR count). The number of nitrogens with zero attached hydrogens (tertiary/aromatic N) is 2. The maximum absolute atomic E-state index is 4.54. The van der Waals surface area contributed by atoms with E-state index in [0.717, 1.165) is 30.7 Å². The SMILES string of the molecule is CCCn1ncc(Br)c1C(NC)C1CC2CCC1C2. The first-order chi connectivity index (χ1) is 9.24. The van der Waals surface area contributed by atoms with Gasteiger partial charge in [0.15, 0.2) is 0 Å². The normalized spacial score (nSPS) is 31.0. The van der Waals surface area contributed by atoms with E-state index in [1.165, 1.54) is 35.8 Å². The minimum Gasteiger partial charge on any atom is -0.311 e. The smallest absolute Gasteiger partial charge is 0.0698 e. The maximum Gasteiger partial charge on any atom is 0.0698 e. The molecule has 19 heavy (non-hydrogen) atoms. The number of rotatable bonds is 5. The summed E-state index contributed by atoms with van der Waals surface area (Å²) >= 11 is 3.71. The summed E-state index contributed by atoms with van der Waals surface area (Å²) < 4.78 is 3.36. The van der Waals surface area contributed by atoms with E-state index in [9.17, 15) is 0 Å². The van der Waals surface area contributed by atoms with Gasteiger partial charge in [-0.1, -0.05) is 13.3 Å². The third-order valence-electron chi connectivity index (χ3n) is 5.10. The Morgan fingerprint density at radius 3 is 2.89 bits per heavy atom. The molecule has 2 aliphatic rings. The topological polar surface area (TPSA) is 29.9 Å². The van der Waals surface area contributed by atoms with Gasteiger partial charge in [-0.3, -0.25) is 4.68 Å². The fraction of sp³-hybridized carbons (Fsp3) is 0.800. The molecule has 2 fully saturated rings. The van der Waals surface area contributed by atoms with Crippen LogP contribution in [0.15, 0.2) is 10.7 Å². The predicted octanol–water partition coefficient (Wildman–Crippen LogP) is 3.75. The molecule has 4 heteroatoms. The standard InChI is InChI=1S/C15H24BrN3/c1-3-6-19-15(13(16)9-18-19)14(17-2)12-8-10-4-5-11(12)7-10/h9-12,14,17H,3-8H2,1-2H3. The molecule has 1 heterocycles. The summed E-state index contributed by atoms with van der Waals surface area (Å²) in [5, 5.41) is 8.12. The molecule has 0 aromatic carbocycles. The highest BCUT2D eigenvalue weighted by Crippen LogP contribution is 2.53. The second kappa shape index (κ2) is 5.57. The van der Waals surface area contributed by atoms with Gasteiger partial charge in [0.1, 0.15) is 0 Å². The van der Waals surface area contributed by atoms with Crippen LogP contribution in [0.3, 0.4) is 0 Å². The molecule has 1 aromatic rings. The lowest BCUT2D eigenvalue weighted by atomic mass is 9.82. The predicted molar refractivity (Wildman–Crippen MR) is 81.0 cm³/mol. The van der Waals surface area contributed by atoms with Crippen LogP contribution in [0.5, 0.6) is 0 Å². The molecular formula is C15H24BrN3. The van der Waals surface area contributed by atoms with Crippen LogP contribution < -0.4 is 5.32 Å². The van der Waals surface area contributed by atoms with Gasteiger partial charge in [-0.2, -0.15) is 5.10 Å². The summed E-state index contributed by atoms with van der Waals surface area (Å²) in [6, 6.07) is 0.457. The quantitative estimate of drug-likeness (QED) is 0.893. The molecule has 4 unspecified atom stereocenters. The van der Waals surface area contributed by atoms with Crippen LogP contribution in [0.25, 0.3) is 0 Å². The second-order valence-corrected chi connectivity index (χ2v) is 7.06. The Morgan fingerprint density at radius 2 is 2.32 bits per heavy atom. The lowest BCUT2D eigenvalue weighted by Gasteiger charge is -2.31. The average Bonchev–Trinajstić information content (AvgIpc) is 3.10. The number of aryl methyl sites for hydroxylation is 1. The number of fused-ring (bicyclic) bond motifs is 2. The molecular weight excluding hydrogens is 302 g/mol. The molecule has 0 saturated heterocycles. The highest BCUT2D eigenvalue weighted by Gasteiger charge is 2.44. The lowest BCUT2D eigenvalue weighted by molar-refractivity contribution is 0.249. The Labute approximate surface area is 124 Å². The molecule has 0 amide bonds. The lowest BCUT2D eigenvalue weighted by Crippen LogP contribution is -2.31. The van der Waals surface area contributed by atoms with Crippen LogP contribution in [0.4, 0.5) is 0 Å². The highest BCUT2D eigenvalue weighted by atomic mass is 79.9. The van der Waals surface area contributed by atoms with Crippen LogP contribution in [0, 0.1) is 17.8 Å². The summed E-state index contributed by atoms with van der Waals surface area (Å²) in [6.45, 7) is 3.23. The summed E-state index contributed by atoms with van der Waals surface area (Å²) in [5.41, 5.74) is 1.36. The Kier molecular flexibility index (Phi) is 3.99. The number of halogens is 1. The minimum absolute atomic E-state index is 0.457. The largest absolute Gasteiger partial charge is 0.311 e. The number of aromatic nitrogens is 2. The zero-order valence-corrected chi connectivity index (χ0v) is 13.5. The van der Waals surface area contributed by atoms with Crippen molar-refractivity contribution in [3.63, 3.8) is 0 Å². The Balaban J connectivity index is 1.87. The van der Waals surface area contributed by atoms with Crippen LogP contribution in [-0.4, -0.2) is 16.8 Å². The van der Waals surface area contributed by atoms with Gasteiger partial charge in [-0.25, -0.2) is 0 Å². The fourth-order valence-corrected chi connectivity index (χ4v) is 4.87. The summed E-state index contributed by atoms with van der Waals surface area (Å²) in [7, 11) is 2.10. The van der Waals surface area contributed by atoms with E-state index in [4.69, 9.17) is 0 Å². The molecule has 1 N–H and O–H groups in total. The molecule has 0 radical (unpaired) electrons. The van der Waals surface area contributed by atoms with Crippen molar-refractivity contribution in [1.82, 2.24) is 15.1 Å². The van der Waals surface area contributed by atoms with Crippen molar-refractivity contribution in [3.05, 3.63) is 16.4 Å². The van der Waals surface area contributed by atoms with Gasteiger partial charge in [0.25, 0.3) is 0 Å². The third-order valence-corrected chi connectivity index (χ3v) is 5.71. The maximum atomic E-state index is 4.54. The summed E-state index contributed by atoms with van der Waals surface area (Å²) in [5.74, 6) is 2.72. The third kappa shape index (κ3) is 2.38. The van der Waals surface area contributed by atoms with Crippen molar-refractivity contribution >= 4 is 15.9 Å². The second-order valence-electron chi connectivity index (χ2n) is 6.21. The van der Waals surface area contributed by atoms with Crippen molar-refractivity contribution in [2.75, 3.05) is 7.05 Å². The molecule has 4 atom stereocenters. The van der Waals surface area contributed by atoms with Crippen molar-refractivity contribution in [2.24, 2.45) is 17.8 Å². The summed E-state index contributed by atoms with van der Waals surface area (Å²) in [6.07, 6.45) is 8.86. The van der Waals surface area contributed by atoms with Crippen LogP contribution in [-0.2, 0) is 6.54 Å². The average molecular weight is 326 g/mol. The Bertz CT molecular complexity index is 443. The first kappa shape index (κ1) is 13.6. The van der Waals surface area contributed by atoms with E-state index in [2.05, 4.69) is 45.0 Å². The van der Waals surface area contributed by atoms with Gasteiger partial charge < -0.3 is 5.32 Å². The monoisotopic (exact) mass is 325 g/mol. The first-order valence-corrected chi connectivity index (χ1v) is 8.42. The molecule has 106 valence electrons. The highest BCUT2D eigenvalue weighted by molar-refractivity contribution is 9.10. The van der Waals surface area contributed by atoms with E-state index < -0.39 is 0 Å². The molecule has 1 aromatic heterocycles. The molecule has 3 nitrogen and oxygen atoms in total. The molecule has 0 spiro atoms. The van der Waals surface area contributed by atoms with Crippen LogP contribution >= 0.6 is 15.9 Å². The van der Waals surface area contributed by atoms with Gasteiger partial charge in [0.05, 0.1) is 22.4 Å². The van der Waals surface area contributed by atoms with E-state index in [1.54, 1.807) is 0 Å². The Hall–Kier alpha value is -0.350. The van der Waals surface area contributed by atoms with E-state index in [0.29, 0.717) is 6.04 Å². The van der Waals surface area contributed by atoms with Crippen LogP contribution in [0.1, 0.15) is 50.8 Å². The zero-order chi connectivity index (χ0) is 13.4. The first-order valence-electron chi connectivity index (χ1n) is 7.63. The molecule has 2 aliphatic carbocycles. The van der Waals surface area contributed by atoms with Crippen molar-refractivity contribution < 1.29 is 0 Å².